The fraction of sp³-hybridized carbons (Fsp3) is 0.278. The van der Waals surface area contributed by atoms with Gasteiger partial charge in [-0.2, -0.15) is 13.2 Å². The summed E-state index contributed by atoms with van der Waals surface area (Å²) in [6, 6.07) is 11.5. The van der Waals surface area contributed by atoms with Crippen molar-refractivity contribution in [2.45, 2.75) is 18.7 Å². The maximum atomic E-state index is 13.0. The van der Waals surface area contributed by atoms with E-state index < -0.39 is 28.8 Å². The molecule has 2 aromatic carbocycles. The molecule has 2 rings (SSSR count). The first-order chi connectivity index (χ1) is 11.7. The van der Waals surface area contributed by atoms with Gasteiger partial charge in [-0.15, -0.1) is 0 Å². The van der Waals surface area contributed by atoms with Gasteiger partial charge in [-0.1, -0.05) is 35.9 Å². The molecule has 0 aliphatic rings. The second kappa shape index (κ2) is 7.45. The van der Waals surface area contributed by atoms with Gasteiger partial charge in [-0.3, -0.25) is 4.79 Å². The minimum Gasteiger partial charge on any atom is -0.372 e. The van der Waals surface area contributed by atoms with Crippen LogP contribution in [0.5, 0.6) is 0 Å². The van der Waals surface area contributed by atoms with Crippen LogP contribution in [0.25, 0.3) is 0 Å². The Hall–Kier alpha value is -2.05. The quantitative estimate of drug-likeness (QED) is 0.830. The predicted molar refractivity (Wildman–Crippen MR) is 89.6 cm³/mol. The smallest absolute Gasteiger partial charge is 0.372 e. The summed E-state index contributed by atoms with van der Waals surface area (Å²) in [5.41, 5.74) is -1.64. The van der Waals surface area contributed by atoms with Crippen molar-refractivity contribution in [3.63, 3.8) is 0 Å². The molecular formula is C18H17ClF3NO2. The van der Waals surface area contributed by atoms with Crippen molar-refractivity contribution in [2.24, 2.45) is 0 Å². The van der Waals surface area contributed by atoms with E-state index in [9.17, 15) is 18.0 Å². The summed E-state index contributed by atoms with van der Waals surface area (Å²) in [4.78, 5) is 12.3. The number of ether oxygens (including phenoxy) is 1. The molecule has 7 heteroatoms. The number of methoxy groups -OCH3 is 1. The van der Waals surface area contributed by atoms with Gasteiger partial charge in [0, 0.05) is 12.1 Å². The molecule has 0 aliphatic heterocycles. The highest BCUT2D eigenvalue weighted by Gasteiger charge is 2.35. The van der Waals surface area contributed by atoms with Crippen LogP contribution < -0.4 is 5.32 Å². The number of hydrogen-bond donors (Lipinski definition) is 1. The van der Waals surface area contributed by atoms with E-state index in [1.54, 1.807) is 31.2 Å². The van der Waals surface area contributed by atoms with Gasteiger partial charge in [0.15, 0.2) is 0 Å². The molecule has 25 heavy (non-hydrogen) atoms. The third-order valence-electron chi connectivity index (χ3n) is 3.95. The number of hydrogen-bond acceptors (Lipinski definition) is 2. The number of carbonyl (C=O) groups is 1. The fourth-order valence-electron chi connectivity index (χ4n) is 2.38. The Labute approximate surface area is 148 Å². The summed E-state index contributed by atoms with van der Waals surface area (Å²) in [5, 5.41) is 3.01. The van der Waals surface area contributed by atoms with Gasteiger partial charge < -0.3 is 10.1 Å². The van der Waals surface area contributed by atoms with E-state index in [0.717, 1.165) is 12.1 Å². The van der Waals surface area contributed by atoms with Crippen LogP contribution in [0, 0.1) is 0 Å². The van der Waals surface area contributed by atoms with Crippen LogP contribution in [0.3, 0.4) is 0 Å². The molecule has 0 unspecified atom stereocenters. The third kappa shape index (κ3) is 4.52. The lowest BCUT2D eigenvalue weighted by Gasteiger charge is -2.29. The lowest BCUT2D eigenvalue weighted by atomic mass is 9.95. The zero-order chi connectivity index (χ0) is 18.7. The van der Waals surface area contributed by atoms with Gasteiger partial charge in [0.1, 0.15) is 5.60 Å². The molecule has 0 heterocycles. The molecule has 1 N–H and O–H groups in total. The minimum atomic E-state index is -4.61. The Morgan fingerprint density at radius 3 is 2.44 bits per heavy atom. The Kier molecular flexibility index (Phi) is 5.75. The number of amides is 1. The molecule has 0 aliphatic carbocycles. The zero-order valence-corrected chi connectivity index (χ0v) is 14.4. The summed E-state index contributed by atoms with van der Waals surface area (Å²) < 4.78 is 44.6. The standard InChI is InChI=1S/C18H17ClF3NO2/c1-17(25-2,12-6-5-7-13(19)10-12)11-23-16(24)14-8-3-4-9-15(14)18(20,21)22/h3-10H,11H2,1-2H3,(H,23,24)/t17-/m1/s1. The molecule has 3 nitrogen and oxygen atoms in total. The first kappa shape index (κ1) is 19.3. The highest BCUT2D eigenvalue weighted by atomic mass is 35.5. The predicted octanol–water partition coefficient (Wildman–Crippen LogP) is 4.65. The van der Waals surface area contributed by atoms with Gasteiger partial charge in [-0.25, -0.2) is 0 Å². The first-order valence-electron chi connectivity index (χ1n) is 7.43. The maximum Gasteiger partial charge on any atom is 0.417 e. The Bertz CT molecular complexity index is 764. The van der Waals surface area contributed by atoms with Crippen molar-refractivity contribution in [1.82, 2.24) is 5.32 Å². The van der Waals surface area contributed by atoms with Crippen molar-refractivity contribution in [2.75, 3.05) is 13.7 Å². The number of rotatable bonds is 5. The van der Waals surface area contributed by atoms with Crippen LogP contribution in [0.2, 0.25) is 5.02 Å². The minimum absolute atomic E-state index is 0.0190. The van der Waals surface area contributed by atoms with Gasteiger partial charge in [0.05, 0.1) is 17.7 Å². The van der Waals surface area contributed by atoms with E-state index in [1.165, 1.54) is 19.2 Å². The number of alkyl halides is 3. The van der Waals surface area contributed by atoms with Crippen molar-refractivity contribution >= 4 is 17.5 Å². The Morgan fingerprint density at radius 2 is 1.84 bits per heavy atom. The Morgan fingerprint density at radius 1 is 1.16 bits per heavy atom. The molecule has 0 aromatic heterocycles. The topological polar surface area (TPSA) is 38.3 Å². The highest BCUT2D eigenvalue weighted by molar-refractivity contribution is 6.30. The summed E-state index contributed by atoms with van der Waals surface area (Å²) in [5.74, 6) is -0.821. The van der Waals surface area contributed by atoms with Crippen molar-refractivity contribution in [3.05, 3.63) is 70.2 Å². The monoisotopic (exact) mass is 371 g/mol. The maximum absolute atomic E-state index is 13.0. The zero-order valence-electron chi connectivity index (χ0n) is 13.7. The average molecular weight is 372 g/mol. The lowest BCUT2D eigenvalue weighted by Crippen LogP contribution is -2.40. The van der Waals surface area contributed by atoms with Crippen LogP contribution in [0.4, 0.5) is 13.2 Å². The molecule has 0 bridgehead atoms. The number of carbonyl (C=O) groups excluding carboxylic acids is 1. The lowest BCUT2D eigenvalue weighted by molar-refractivity contribution is -0.137. The molecule has 0 radical (unpaired) electrons. The second-order valence-electron chi connectivity index (χ2n) is 5.67. The summed E-state index contributed by atoms with van der Waals surface area (Å²) in [6.07, 6.45) is -4.61. The Balaban J connectivity index is 2.21. The molecule has 1 atom stereocenters. The van der Waals surface area contributed by atoms with E-state index in [2.05, 4.69) is 5.32 Å². The van der Waals surface area contributed by atoms with Crippen LogP contribution in [0.15, 0.2) is 48.5 Å². The number of benzene rings is 2. The summed E-state index contributed by atoms with van der Waals surface area (Å²) in [7, 11) is 1.46. The second-order valence-corrected chi connectivity index (χ2v) is 6.11. The van der Waals surface area contributed by atoms with Gasteiger partial charge in [0.25, 0.3) is 5.91 Å². The SMILES string of the molecule is CO[C@](C)(CNC(=O)c1ccccc1C(F)(F)F)c1cccc(Cl)c1. The molecule has 0 spiro atoms. The largest absolute Gasteiger partial charge is 0.417 e. The summed E-state index contributed by atoms with van der Waals surface area (Å²) in [6.45, 7) is 1.70. The van der Waals surface area contributed by atoms with E-state index in [4.69, 9.17) is 16.3 Å². The number of halogens is 4. The average Bonchev–Trinajstić information content (AvgIpc) is 2.58. The molecule has 0 saturated heterocycles. The van der Waals surface area contributed by atoms with Crippen molar-refractivity contribution in [3.8, 4) is 0 Å². The molecule has 0 fully saturated rings. The van der Waals surface area contributed by atoms with Crippen LogP contribution in [-0.4, -0.2) is 19.6 Å². The summed E-state index contributed by atoms with van der Waals surface area (Å²) >= 11 is 5.97. The molecular weight excluding hydrogens is 355 g/mol. The first-order valence-corrected chi connectivity index (χ1v) is 7.81. The molecule has 0 saturated carbocycles. The normalized spacial score (nSPS) is 14.0. The van der Waals surface area contributed by atoms with E-state index >= 15 is 0 Å². The molecule has 2 aromatic rings. The number of nitrogens with one attached hydrogen (secondary N) is 1. The molecule has 1 amide bonds. The van der Waals surface area contributed by atoms with Gasteiger partial charge >= 0.3 is 6.18 Å². The van der Waals surface area contributed by atoms with Gasteiger partial charge in [-0.05, 0) is 36.8 Å². The highest BCUT2D eigenvalue weighted by Crippen LogP contribution is 2.32. The van der Waals surface area contributed by atoms with Crippen LogP contribution in [0.1, 0.15) is 28.4 Å². The van der Waals surface area contributed by atoms with Gasteiger partial charge in [0.2, 0.25) is 0 Å². The molecule has 134 valence electrons. The van der Waals surface area contributed by atoms with Crippen molar-refractivity contribution < 1.29 is 22.7 Å². The van der Waals surface area contributed by atoms with Crippen LogP contribution >= 0.6 is 11.6 Å². The van der Waals surface area contributed by atoms with E-state index in [1.807, 2.05) is 0 Å². The fourth-order valence-corrected chi connectivity index (χ4v) is 2.57. The van der Waals surface area contributed by atoms with E-state index in [0.29, 0.717) is 10.6 Å². The third-order valence-corrected chi connectivity index (χ3v) is 4.18. The van der Waals surface area contributed by atoms with Crippen LogP contribution in [-0.2, 0) is 16.5 Å². The van der Waals surface area contributed by atoms with Crippen molar-refractivity contribution in [1.29, 1.82) is 0 Å². The van der Waals surface area contributed by atoms with E-state index in [-0.39, 0.29) is 6.54 Å².